The number of aldehydes is 1. The first-order chi connectivity index (χ1) is 12.1. The second-order valence-corrected chi connectivity index (χ2v) is 5.64. The molecule has 0 fully saturated rings. The van der Waals surface area contributed by atoms with Gasteiger partial charge in [0, 0.05) is 12.8 Å². The Hall–Kier alpha value is -2.58. The molecule has 3 aromatic heterocycles. The van der Waals surface area contributed by atoms with Gasteiger partial charge in [0.2, 0.25) is 5.28 Å². The minimum atomic E-state index is 0.0233. The number of hydrogen-bond donors (Lipinski definition) is 1. The SMILES string of the molecule is CCOCCn1nc(C=O)c2nc(Cl)nc(Nc3cc(C)ccn3)c21. The number of carbonyl (C=O) groups is 1. The monoisotopic (exact) mass is 360 g/mol. The molecule has 3 rings (SSSR count). The Kier molecular flexibility index (Phi) is 5.20. The average molecular weight is 361 g/mol. The molecule has 0 aliphatic carbocycles. The Morgan fingerprint density at radius 2 is 2.24 bits per heavy atom. The fourth-order valence-electron chi connectivity index (χ4n) is 2.43. The summed E-state index contributed by atoms with van der Waals surface area (Å²) in [4.78, 5) is 24.0. The van der Waals surface area contributed by atoms with E-state index in [1.165, 1.54) is 0 Å². The zero-order chi connectivity index (χ0) is 17.8. The van der Waals surface area contributed by atoms with Crippen LogP contribution in [0.4, 0.5) is 11.6 Å². The topological polar surface area (TPSA) is 94.8 Å². The summed E-state index contributed by atoms with van der Waals surface area (Å²) < 4.78 is 7.02. The summed E-state index contributed by atoms with van der Waals surface area (Å²) in [7, 11) is 0. The first-order valence-corrected chi connectivity index (χ1v) is 8.16. The van der Waals surface area contributed by atoms with Crippen LogP contribution in [0.15, 0.2) is 18.3 Å². The fraction of sp³-hybridized carbons (Fsp3) is 0.312. The summed E-state index contributed by atoms with van der Waals surface area (Å²) >= 11 is 6.03. The van der Waals surface area contributed by atoms with E-state index in [0.29, 0.717) is 48.7 Å². The normalized spacial score (nSPS) is 11.0. The highest BCUT2D eigenvalue weighted by molar-refractivity contribution is 6.29. The summed E-state index contributed by atoms with van der Waals surface area (Å²) in [5.74, 6) is 1.05. The van der Waals surface area contributed by atoms with Crippen LogP contribution in [0, 0.1) is 6.92 Å². The van der Waals surface area contributed by atoms with Crippen LogP contribution in [-0.4, -0.2) is 44.2 Å². The van der Waals surface area contributed by atoms with Crippen molar-refractivity contribution >= 4 is 40.6 Å². The zero-order valence-electron chi connectivity index (χ0n) is 13.9. The van der Waals surface area contributed by atoms with Crippen molar-refractivity contribution in [1.29, 1.82) is 0 Å². The molecule has 0 spiro atoms. The van der Waals surface area contributed by atoms with Gasteiger partial charge >= 0.3 is 0 Å². The van der Waals surface area contributed by atoms with Gasteiger partial charge in [-0.3, -0.25) is 9.48 Å². The summed E-state index contributed by atoms with van der Waals surface area (Å²) in [6.07, 6.45) is 2.35. The Bertz CT molecular complexity index is 911. The third kappa shape index (κ3) is 3.75. The number of anilines is 2. The molecule has 0 saturated carbocycles. The average Bonchev–Trinajstić information content (AvgIpc) is 2.93. The lowest BCUT2D eigenvalue weighted by molar-refractivity contribution is 0.111. The maximum Gasteiger partial charge on any atom is 0.225 e. The first-order valence-electron chi connectivity index (χ1n) is 7.79. The van der Waals surface area contributed by atoms with Crippen LogP contribution in [0.5, 0.6) is 0 Å². The highest BCUT2D eigenvalue weighted by Gasteiger charge is 2.18. The Morgan fingerprint density at radius 1 is 1.40 bits per heavy atom. The van der Waals surface area contributed by atoms with E-state index in [9.17, 15) is 4.79 Å². The van der Waals surface area contributed by atoms with Gasteiger partial charge in [-0.15, -0.1) is 0 Å². The molecule has 0 aliphatic rings. The number of aryl methyl sites for hydroxylation is 1. The summed E-state index contributed by atoms with van der Waals surface area (Å²) in [5.41, 5.74) is 2.22. The number of nitrogens with zero attached hydrogens (tertiary/aromatic N) is 5. The van der Waals surface area contributed by atoms with Gasteiger partial charge in [0.25, 0.3) is 0 Å². The van der Waals surface area contributed by atoms with Gasteiger partial charge in [-0.1, -0.05) is 0 Å². The van der Waals surface area contributed by atoms with E-state index in [2.05, 4.69) is 25.4 Å². The van der Waals surface area contributed by atoms with Crippen molar-refractivity contribution < 1.29 is 9.53 Å². The number of fused-ring (bicyclic) bond motifs is 1. The van der Waals surface area contributed by atoms with E-state index >= 15 is 0 Å². The van der Waals surface area contributed by atoms with Gasteiger partial charge in [0.15, 0.2) is 17.8 Å². The van der Waals surface area contributed by atoms with E-state index in [1.54, 1.807) is 10.9 Å². The summed E-state index contributed by atoms with van der Waals surface area (Å²) in [6.45, 7) is 5.39. The number of nitrogens with one attached hydrogen (secondary N) is 1. The molecule has 0 unspecified atom stereocenters. The molecule has 0 bridgehead atoms. The Balaban J connectivity index is 2.09. The molecule has 9 heteroatoms. The second kappa shape index (κ2) is 7.54. The van der Waals surface area contributed by atoms with E-state index in [0.717, 1.165) is 5.56 Å². The number of rotatable bonds is 7. The number of aromatic nitrogens is 5. The molecule has 1 N–H and O–H groups in total. The highest BCUT2D eigenvalue weighted by atomic mass is 35.5. The quantitative estimate of drug-likeness (QED) is 0.393. The molecular weight excluding hydrogens is 344 g/mol. The van der Waals surface area contributed by atoms with E-state index in [-0.39, 0.29) is 11.0 Å². The molecule has 0 aromatic carbocycles. The number of halogens is 1. The third-order valence-corrected chi connectivity index (χ3v) is 3.68. The van der Waals surface area contributed by atoms with Crippen LogP contribution in [-0.2, 0) is 11.3 Å². The number of hydrogen-bond acceptors (Lipinski definition) is 7. The molecular formula is C16H17ClN6O2. The van der Waals surface area contributed by atoms with Gasteiger partial charge in [0.05, 0.1) is 13.2 Å². The van der Waals surface area contributed by atoms with Crippen LogP contribution < -0.4 is 5.32 Å². The van der Waals surface area contributed by atoms with E-state index in [4.69, 9.17) is 16.3 Å². The zero-order valence-corrected chi connectivity index (χ0v) is 14.6. The van der Waals surface area contributed by atoms with Crippen molar-refractivity contribution in [2.24, 2.45) is 0 Å². The molecule has 130 valence electrons. The summed E-state index contributed by atoms with van der Waals surface area (Å²) in [6, 6.07) is 3.77. The maximum absolute atomic E-state index is 11.3. The van der Waals surface area contributed by atoms with Gasteiger partial charge in [-0.25, -0.2) is 9.97 Å². The fourth-order valence-corrected chi connectivity index (χ4v) is 2.60. The minimum absolute atomic E-state index is 0.0233. The van der Waals surface area contributed by atoms with Crippen LogP contribution >= 0.6 is 11.6 Å². The van der Waals surface area contributed by atoms with Crippen molar-refractivity contribution in [2.45, 2.75) is 20.4 Å². The Morgan fingerprint density at radius 3 is 2.96 bits per heavy atom. The number of carbonyl (C=O) groups excluding carboxylic acids is 1. The first kappa shape index (κ1) is 17.2. The molecule has 0 aliphatic heterocycles. The van der Waals surface area contributed by atoms with Gasteiger partial charge in [-0.2, -0.15) is 10.1 Å². The van der Waals surface area contributed by atoms with Crippen molar-refractivity contribution in [2.75, 3.05) is 18.5 Å². The summed E-state index contributed by atoms with van der Waals surface area (Å²) in [5, 5.41) is 7.44. The molecule has 3 aromatic rings. The Labute approximate surface area is 149 Å². The number of ether oxygens (including phenoxy) is 1. The second-order valence-electron chi connectivity index (χ2n) is 5.31. The predicted octanol–water partition coefficient (Wildman–Crippen LogP) is 2.78. The molecule has 25 heavy (non-hydrogen) atoms. The minimum Gasteiger partial charge on any atom is -0.380 e. The number of pyridine rings is 1. The van der Waals surface area contributed by atoms with Gasteiger partial charge < -0.3 is 10.1 Å². The van der Waals surface area contributed by atoms with Crippen LogP contribution in [0.25, 0.3) is 11.0 Å². The molecule has 3 heterocycles. The van der Waals surface area contributed by atoms with Crippen LogP contribution in [0.2, 0.25) is 5.28 Å². The largest absolute Gasteiger partial charge is 0.380 e. The third-order valence-electron chi connectivity index (χ3n) is 3.51. The lowest BCUT2D eigenvalue weighted by Gasteiger charge is -2.09. The maximum atomic E-state index is 11.3. The van der Waals surface area contributed by atoms with E-state index in [1.807, 2.05) is 26.0 Å². The molecule has 0 atom stereocenters. The van der Waals surface area contributed by atoms with Crippen molar-refractivity contribution in [3.63, 3.8) is 0 Å². The van der Waals surface area contributed by atoms with Crippen molar-refractivity contribution in [3.8, 4) is 0 Å². The van der Waals surface area contributed by atoms with Crippen LogP contribution in [0.3, 0.4) is 0 Å². The standard InChI is InChI=1S/C16H17ClN6O2/c1-3-25-7-6-23-14-13(11(9-24)22-23)20-16(17)21-15(14)19-12-8-10(2)4-5-18-12/h4-5,8-9H,3,6-7H2,1-2H3,(H,18,19,20,21). The van der Waals surface area contributed by atoms with Crippen molar-refractivity contribution in [1.82, 2.24) is 24.7 Å². The molecule has 0 amide bonds. The van der Waals surface area contributed by atoms with E-state index < -0.39 is 0 Å². The smallest absolute Gasteiger partial charge is 0.225 e. The van der Waals surface area contributed by atoms with Gasteiger partial charge in [-0.05, 0) is 43.1 Å². The van der Waals surface area contributed by atoms with Crippen LogP contribution in [0.1, 0.15) is 23.0 Å². The highest BCUT2D eigenvalue weighted by Crippen LogP contribution is 2.26. The lowest BCUT2D eigenvalue weighted by atomic mass is 10.3. The molecule has 8 nitrogen and oxygen atoms in total. The van der Waals surface area contributed by atoms with Gasteiger partial charge in [0.1, 0.15) is 16.9 Å². The lowest BCUT2D eigenvalue weighted by Crippen LogP contribution is -2.09. The van der Waals surface area contributed by atoms with Crippen molar-refractivity contribution in [3.05, 3.63) is 34.9 Å². The molecule has 0 saturated heterocycles. The molecule has 0 radical (unpaired) electrons. The predicted molar refractivity (Wildman–Crippen MR) is 94.5 cm³/mol.